The van der Waals surface area contributed by atoms with Crippen LogP contribution in [0.15, 0.2) is 34.1 Å². The molecule has 2 aromatic rings. The Morgan fingerprint density at radius 2 is 1.00 bits per heavy atom. The Kier molecular flexibility index (Phi) is 6.92. The van der Waals surface area contributed by atoms with Crippen LogP contribution in [0.5, 0.6) is 0 Å². The van der Waals surface area contributed by atoms with Gasteiger partial charge in [0.25, 0.3) is 0 Å². The number of rotatable bonds is 5. The van der Waals surface area contributed by atoms with Crippen LogP contribution in [0, 0.1) is 34.6 Å². The number of hydrogen-bond donors (Lipinski definition) is 0. The summed E-state index contributed by atoms with van der Waals surface area (Å²) in [4.78, 5) is 0.605. The maximum atomic E-state index is 13.5. The second kappa shape index (κ2) is 8.89. The molecule has 0 aliphatic carbocycles. The number of benzene rings is 2. The largest absolute Gasteiger partial charge is 0.243 e. The van der Waals surface area contributed by atoms with Crippen molar-refractivity contribution in [3.05, 3.63) is 57.6 Å². The van der Waals surface area contributed by atoms with Crippen LogP contribution in [-0.2, 0) is 20.0 Å². The summed E-state index contributed by atoms with van der Waals surface area (Å²) in [6.07, 6.45) is 0. The van der Waals surface area contributed by atoms with E-state index in [-0.39, 0.29) is 31.1 Å². The molecule has 0 amide bonds. The molecular weight excluding hydrogens is 444 g/mol. The molecule has 0 unspecified atom stereocenters. The molecule has 1 aliphatic rings. The molecule has 1 saturated heterocycles. The van der Waals surface area contributed by atoms with Gasteiger partial charge < -0.3 is 0 Å². The predicted octanol–water partition coefficient (Wildman–Crippen LogP) is 4.05. The van der Waals surface area contributed by atoms with Crippen LogP contribution in [0.2, 0.25) is 0 Å². The number of nitrogens with zero attached hydrogens (tertiary/aromatic N) is 2. The molecule has 0 N–H and O–H groups in total. The quantitative estimate of drug-likeness (QED) is 0.650. The Labute approximate surface area is 193 Å². The standard InChI is InChI=1S/C24H34N2O4S2/c1-16(2)22-8-10-23(11-9-22)31(27,28)25-12-14-26(15-13-25)32(29,30)24-20(6)18(4)17(3)19(5)21(24)7/h8-11,16H,12-15H2,1-7H3. The summed E-state index contributed by atoms with van der Waals surface area (Å²) in [5.74, 6) is 0.321. The first-order valence-corrected chi connectivity index (χ1v) is 13.8. The summed E-state index contributed by atoms with van der Waals surface area (Å²) in [5, 5.41) is 0. The SMILES string of the molecule is Cc1c(C)c(C)c(S(=O)(=O)N2CCN(S(=O)(=O)c3ccc(C(C)C)cc3)CC2)c(C)c1C. The minimum absolute atomic E-state index is 0.134. The molecule has 0 radical (unpaired) electrons. The Morgan fingerprint density at radius 3 is 1.41 bits per heavy atom. The molecule has 0 aromatic heterocycles. The van der Waals surface area contributed by atoms with Gasteiger partial charge in [0, 0.05) is 26.2 Å². The zero-order chi connectivity index (χ0) is 24.0. The van der Waals surface area contributed by atoms with E-state index in [4.69, 9.17) is 0 Å². The average Bonchev–Trinajstić information content (AvgIpc) is 2.76. The van der Waals surface area contributed by atoms with Gasteiger partial charge in [0.2, 0.25) is 20.0 Å². The first-order chi connectivity index (χ1) is 14.8. The van der Waals surface area contributed by atoms with Crippen LogP contribution in [0.1, 0.15) is 53.1 Å². The second-order valence-corrected chi connectivity index (χ2v) is 12.8. The maximum absolute atomic E-state index is 13.5. The molecule has 32 heavy (non-hydrogen) atoms. The minimum Gasteiger partial charge on any atom is -0.207 e. The van der Waals surface area contributed by atoms with Gasteiger partial charge in [-0.15, -0.1) is 0 Å². The molecule has 2 aromatic carbocycles. The molecule has 1 fully saturated rings. The zero-order valence-electron chi connectivity index (χ0n) is 20.1. The van der Waals surface area contributed by atoms with Crippen molar-refractivity contribution in [3.8, 4) is 0 Å². The van der Waals surface area contributed by atoms with Crippen molar-refractivity contribution >= 4 is 20.0 Å². The fourth-order valence-corrected chi connectivity index (χ4v) is 7.71. The highest BCUT2D eigenvalue weighted by Crippen LogP contribution is 2.32. The molecule has 0 bridgehead atoms. The van der Waals surface area contributed by atoms with E-state index >= 15 is 0 Å². The number of piperazine rings is 1. The van der Waals surface area contributed by atoms with E-state index in [1.807, 2.05) is 46.8 Å². The smallest absolute Gasteiger partial charge is 0.207 e. The van der Waals surface area contributed by atoms with Gasteiger partial charge in [-0.3, -0.25) is 0 Å². The fourth-order valence-electron chi connectivity index (χ4n) is 4.31. The van der Waals surface area contributed by atoms with Gasteiger partial charge in [-0.05, 0) is 86.1 Å². The molecule has 6 nitrogen and oxygen atoms in total. The molecule has 1 heterocycles. The lowest BCUT2D eigenvalue weighted by Gasteiger charge is -2.34. The van der Waals surface area contributed by atoms with Crippen LogP contribution >= 0.6 is 0 Å². The third-order valence-corrected chi connectivity index (χ3v) is 11.0. The summed E-state index contributed by atoms with van der Waals surface area (Å²) in [5.41, 5.74) is 5.69. The van der Waals surface area contributed by atoms with Crippen molar-refractivity contribution in [2.75, 3.05) is 26.2 Å². The van der Waals surface area contributed by atoms with Crippen LogP contribution in [0.4, 0.5) is 0 Å². The van der Waals surface area contributed by atoms with Gasteiger partial charge in [0.05, 0.1) is 9.79 Å². The molecule has 0 spiro atoms. The summed E-state index contributed by atoms with van der Waals surface area (Å²) < 4.78 is 56.0. The Hall–Kier alpha value is -1.74. The van der Waals surface area contributed by atoms with E-state index in [0.717, 1.165) is 33.4 Å². The van der Waals surface area contributed by atoms with E-state index in [0.29, 0.717) is 10.8 Å². The molecular formula is C24H34N2O4S2. The first kappa shape index (κ1) is 24.9. The van der Waals surface area contributed by atoms with E-state index in [1.54, 1.807) is 12.1 Å². The highest BCUT2D eigenvalue weighted by atomic mass is 32.2. The summed E-state index contributed by atoms with van der Waals surface area (Å²) >= 11 is 0. The normalized spacial score (nSPS) is 16.6. The molecule has 1 aliphatic heterocycles. The lowest BCUT2D eigenvalue weighted by molar-refractivity contribution is 0.272. The van der Waals surface area contributed by atoms with Gasteiger partial charge in [-0.25, -0.2) is 16.8 Å². The molecule has 8 heteroatoms. The molecule has 0 atom stereocenters. The summed E-state index contributed by atoms with van der Waals surface area (Å²) in [6.45, 7) is 14.3. The van der Waals surface area contributed by atoms with E-state index < -0.39 is 20.0 Å². The second-order valence-electron chi connectivity index (χ2n) is 8.99. The van der Waals surface area contributed by atoms with Crippen molar-refractivity contribution in [1.82, 2.24) is 8.61 Å². The topological polar surface area (TPSA) is 74.8 Å². The third-order valence-electron chi connectivity index (χ3n) is 6.91. The Bertz CT molecular complexity index is 1190. The molecule has 0 saturated carbocycles. The monoisotopic (exact) mass is 478 g/mol. The lowest BCUT2D eigenvalue weighted by atomic mass is 9.95. The number of sulfonamides is 2. The van der Waals surface area contributed by atoms with Gasteiger partial charge >= 0.3 is 0 Å². The Balaban J connectivity index is 1.84. The predicted molar refractivity (Wildman–Crippen MR) is 128 cm³/mol. The third kappa shape index (κ3) is 4.25. The summed E-state index contributed by atoms with van der Waals surface area (Å²) in [6, 6.07) is 6.95. The minimum atomic E-state index is -3.72. The fraction of sp³-hybridized carbons (Fsp3) is 0.500. The van der Waals surface area contributed by atoms with Crippen molar-refractivity contribution in [1.29, 1.82) is 0 Å². The lowest BCUT2D eigenvalue weighted by Crippen LogP contribution is -2.50. The van der Waals surface area contributed by atoms with Crippen molar-refractivity contribution in [3.63, 3.8) is 0 Å². The Morgan fingerprint density at radius 1 is 0.625 bits per heavy atom. The maximum Gasteiger partial charge on any atom is 0.243 e. The van der Waals surface area contributed by atoms with E-state index in [1.165, 1.54) is 8.61 Å². The molecule has 3 rings (SSSR count). The highest BCUT2D eigenvalue weighted by Gasteiger charge is 2.35. The van der Waals surface area contributed by atoms with Gasteiger partial charge in [0.1, 0.15) is 0 Å². The van der Waals surface area contributed by atoms with E-state index in [2.05, 4.69) is 13.8 Å². The van der Waals surface area contributed by atoms with E-state index in [9.17, 15) is 16.8 Å². The van der Waals surface area contributed by atoms with Crippen molar-refractivity contribution in [2.45, 2.75) is 64.2 Å². The van der Waals surface area contributed by atoms with Crippen LogP contribution in [0.3, 0.4) is 0 Å². The zero-order valence-corrected chi connectivity index (χ0v) is 21.7. The van der Waals surface area contributed by atoms with Gasteiger partial charge in [-0.2, -0.15) is 8.61 Å². The van der Waals surface area contributed by atoms with Gasteiger partial charge in [0.15, 0.2) is 0 Å². The first-order valence-electron chi connectivity index (χ1n) is 11.0. The van der Waals surface area contributed by atoms with Crippen LogP contribution in [0.25, 0.3) is 0 Å². The summed E-state index contributed by atoms with van der Waals surface area (Å²) in [7, 11) is -7.38. The van der Waals surface area contributed by atoms with Crippen molar-refractivity contribution in [2.24, 2.45) is 0 Å². The van der Waals surface area contributed by atoms with Crippen molar-refractivity contribution < 1.29 is 16.8 Å². The van der Waals surface area contributed by atoms with Crippen LogP contribution < -0.4 is 0 Å². The molecule has 176 valence electrons. The van der Waals surface area contributed by atoms with Crippen LogP contribution in [-0.4, -0.2) is 51.6 Å². The van der Waals surface area contributed by atoms with Gasteiger partial charge in [-0.1, -0.05) is 26.0 Å². The highest BCUT2D eigenvalue weighted by molar-refractivity contribution is 7.89. The number of hydrogen-bond acceptors (Lipinski definition) is 4. The average molecular weight is 479 g/mol.